The van der Waals surface area contributed by atoms with Gasteiger partial charge in [0.2, 0.25) is 0 Å². The third kappa shape index (κ3) is 3.54. The lowest BCUT2D eigenvalue weighted by Gasteiger charge is -2.08. The average Bonchev–Trinajstić information content (AvgIpc) is 2.37. The third-order valence-corrected chi connectivity index (χ3v) is 3.87. The molecule has 0 saturated carbocycles. The number of aryl methyl sites for hydroxylation is 2. The first-order chi connectivity index (χ1) is 9.78. The highest BCUT2D eigenvalue weighted by Gasteiger charge is 2.17. The molecule has 21 heavy (non-hydrogen) atoms. The van der Waals surface area contributed by atoms with Crippen LogP contribution in [0, 0.1) is 13.8 Å². The summed E-state index contributed by atoms with van der Waals surface area (Å²) in [7, 11) is -3.91. The minimum Gasteiger partial charge on any atom is -0.478 e. The smallest absolute Gasteiger partial charge is 0.337 e. The zero-order chi connectivity index (χ0) is 15.6. The van der Waals surface area contributed by atoms with Gasteiger partial charge < -0.3 is 5.11 Å². The molecular formula is C13H13N3O4S. The van der Waals surface area contributed by atoms with Crippen LogP contribution >= 0.6 is 0 Å². The first kappa shape index (κ1) is 14.9. The van der Waals surface area contributed by atoms with Crippen molar-refractivity contribution in [1.29, 1.82) is 0 Å². The van der Waals surface area contributed by atoms with Crippen molar-refractivity contribution < 1.29 is 18.3 Å². The lowest BCUT2D eigenvalue weighted by Crippen LogP contribution is -2.16. The molecule has 0 spiro atoms. The van der Waals surface area contributed by atoms with E-state index in [0.29, 0.717) is 5.69 Å². The molecule has 0 amide bonds. The van der Waals surface area contributed by atoms with Crippen LogP contribution in [0.15, 0.2) is 35.5 Å². The SMILES string of the molecule is Cc1cc(C)nc(NS(=O)(=O)c2ccc(C(=O)O)cn2)c1. The van der Waals surface area contributed by atoms with Crippen LogP contribution in [0.4, 0.5) is 5.82 Å². The van der Waals surface area contributed by atoms with Gasteiger partial charge in [0.1, 0.15) is 5.82 Å². The molecule has 0 unspecified atom stereocenters. The molecule has 2 heterocycles. The van der Waals surface area contributed by atoms with Gasteiger partial charge in [0, 0.05) is 11.9 Å². The average molecular weight is 307 g/mol. The van der Waals surface area contributed by atoms with Crippen LogP contribution in [0.3, 0.4) is 0 Å². The number of carboxylic acids is 1. The summed E-state index contributed by atoms with van der Waals surface area (Å²) in [6.07, 6.45) is 0.992. The van der Waals surface area contributed by atoms with Crippen molar-refractivity contribution in [3.05, 3.63) is 47.3 Å². The maximum Gasteiger partial charge on any atom is 0.337 e. The van der Waals surface area contributed by atoms with Crippen molar-refractivity contribution in [2.75, 3.05) is 4.72 Å². The second kappa shape index (κ2) is 5.49. The number of hydrogen-bond acceptors (Lipinski definition) is 5. The molecule has 2 N–H and O–H groups in total. The molecule has 0 saturated heterocycles. The maximum atomic E-state index is 12.1. The van der Waals surface area contributed by atoms with Gasteiger partial charge in [-0.25, -0.2) is 14.8 Å². The summed E-state index contributed by atoms with van der Waals surface area (Å²) in [5, 5.41) is 8.49. The summed E-state index contributed by atoms with van der Waals surface area (Å²) in [4.78, 5) is 18.4. The number of hydrogen-bond donors (Lipinski definition) is 2. The Hall–Kier alpha value is -2.48. The van der Waals surface area contributed by atoms with Crippen molar-refractivity contribution in [2.24, 2.45) is 0 Å². The molecule has 0 bridgehead atoms. The Morgan fingerprint density at radius 3 is 2.48 bits per heavy atom. The molecule has 7 nitrogen and oxygen atoms in total. The molecule has 0 aliphatic heterocycles. The summed E-state index contributed by atoms with van der Waals surface area (Å²) < 4.78 is 26.6. The number of aromatic carboxylic acids is 1. The van der Waals surface area contributed by atoms with Gasteiger partial charge in [-0.1, -0.05) is 0 Å². The lowest BCUT2D eigenvalue weighted by atomic mass is 10.2. The van der Waals surface area contributed by atoms with Crippen molar-refractivity contribution in [1.82, 2.24) is 9.97 Å². The molecule has 2 rings (SSSR count). The van der Waals surface area contributed by atoms with Crippen molar-refractivity contribution in [3.63, 3.8) is 0 Å². The van der Waals surface area contributed by atoms with E-state index in [1.165, 1.54) is 6.07 Å². The Morgan fingerprint density at radius 1 is 1.24 bits per heavy atom. The maximum absolute atomic E-state index is 12.1. The highest BCUT2D eigenvalue weighted by Crippen LogP contribution is 2.15. The summed E-state index contributed by atoms with van der Waals surface area (Å²) in [5.74, 6) is -0.980. The molecule has 0 atom stereocenters. The monoisotopic (exact) mass is 307 g/mol. The molecule has 0 aliphatic rings. The number of nitrogens with zero attached hydrogens (tertiary/aromatic N) is 2. The van der Waals surface area contributed by atoms with Crippen LogP contribution in [0.5, 0.6) is 0 Å². The predicted molar refractivity (Wildman–Crippen MR) is 75.7 cm³/mol. The zero-order valence-corrected chi connectivity index (χ0v) is 12.2. The van der Waals surface area contributed by atoms with E-state index in [9.17, 15) is 13.2 Å². The van der Waals surface area contributed by atoms with Gasteiger partial charge in [0.15, 0.2) is 5.03 Å². The van der Waals surface area contributed by atoms with E-state index in [2.05, 4.69) is 14.7 Å². The predicted octanol–water partition coefficient (Wildman–Crippen LogP) is 1.59. The van der Waals surface area contributed by atoms with Gasteiger partial charge in [-0.15, -0.1) is 0 Å². The van der Waals surface area contributed by atoms with E-state index in [0.717, 1.165) is 17.8 Å². The minimum absolute atomic E-state index is 0.0847. The molecule has 2 aromatic heterocycles. The van der Waals surface area contributed by atoms with Gasteiger partial charge in [-0.2, -0.15) is 8.42 Å². The number of rotatable bonds is 4. The number of pyridine rings is 2. The van der Waals surface area contributed by atoms with Crippen LogP contribution in [-0.4, -0.2) is 29.5 Å². The number of carbonyl (C=O) groups is 1. The van der Waals surface area contributed by atoms with E-state index in [4.69, 9.17) is 5.11 Å². The summed E-state index contributed by atoms with van der Waals surface area (Å²) in [6, 6.07) is 5.72. The van der Waals surface area contributed by atoms with Crippen LogP contribution in [0.1, 0.15) is 21.6 Å². The summed E-state index contributed by atoms with van der Waals surface area (Å²) in [6.45, 7) is 3.58. The zero-order valence-electron chi connectivity index (χ0n) is 11.4. The first-order valence-electron chi connectivity index (χ1n) is 5.95. The van der Waals surface area contributed by atoms with Crippen LogP contribution in [0.2, 0.25) is 0 Å². The molecule has 0 fully saturated rings. The topological polar surface area (TPSA) is 109 Å². The van der Waals surface area contributed by atoms with Gasteiger partial charge in [-0.05, 0) is 43.7 Å². The van der Waals surface area contributed by atoms with Gasteiger partial charge in [-0.3, -0.25) is 4.72 Å². The minimum atomic E-state index is -3.91. The van der Waals surface area contributed by atoms with E-state index in [-0.39, 0.29) is 16.4 Å². The fraction of sp³-hybridized carbons (Fsp3) is 0.154. The van der Waals surface area contributed by atoms with Gasteiger partial charge in [0.05, 0.1) is 5.56 Å². The van der Waals surface area contributed by atoms with E-state index < -0.39 is 16.0 Å². The second-order valence-electron chi connectivity index (χ2n) is 4.47. The van der Waals surface area contributed by atoms with Crippen molar-refractivity contribution in [3.8, 4) is 0 Å². The Morgan fingerprint density at radius 2 is 1.95 bits per heavy atom. The molecular weight excluding hydrogens is 294 g/mol. The molecule has 110 valence electrons. The largest absolute Gasteiger partial charge is 0.478 e. The van der Waals surface area contributed by atoms with Gasteiger partial charge >= 0.3 is 5.97 Å². The Balaban J connectivity index is 2.31. The van der Waals surface area contributed by atoms with E-state index in [1.807, 2.05) is 13.0 Å². The first-order valence-corrected chi connectivity index (χ1v) is 7.44. The van der Waals surface area contributed by atoms with Gasteiger partial charge in [0.25, 0.3) is 10.0 Å². The standard InChI is InChI=1S/C13H13N3O4S/c1-8-5-9(2)15-11(6-8)16-21(19,20)12-4-3-10(7-14-12)13(17)18/h3-7H,1-2H3,(H,15,16)(H,17,18). The Kier molecular flexibility index (Phi) is 3.90. The van der Waals surface area contributed by atoms with E-state index >= 15 is 0 Å². The summed E-state index contributed by atoms with van der Waals surface area (Å²) in [5.41, 5.74) is 1.47. The highest BCUT2D eigenvalue weighted by molar-refractivity contribution is 7.92. The fourth-order valence-corrected chi connectivity index (χ4v) is 2.67. The van der Waals surface area contributed by atoms with Crippen LogP contribution < -0.4 is 4.72 Å². The number of aromatic nitrogens is 2. The van der Waals surface area contributed by atoms with Crippen LogP contribution in [0.25, 0.3) is 0 Å². The number of sulfonamides is 1. The normalized spacial score (nSPS) is 11.1. The lowest BCUT2D eigenvalue weighted by molar-refractivity contribution is 0.0696. The highest BCUT2D eigenvalue weighted by atomic mass is 32.2. The Labute approximate surface area is 121 Å². The van der Waals surface area contributed by atoms with E-state index in [1.54, 1.807) is 13.0 Å². The Bertz CT molecular complexity index is 765. The van der Waals surface area contributed by atoms with Crippen molar-refractivity contribution >= 4 is 21.8 Å². The number of anilines is 1. The molecule has 2 aromatic rings. The van der Waals surface area contributed by atoms with Crippen molar-refractivity contribution in [2.45, 2.75) is 18.9 Å². The molecule has 0 aliphatic carbocycles. The summed E-state index contributed by atoms with van der Waals surface area (Å²) >= 11 is 0. The number of carboxylic acid groups (broad SMARTS) is 1. The second-order valence-corrected chi connectivity index (χ2v) is 6.10. The fourth-order valence-electron chi connectivity index (χ4n) is 1.75. The number of nitrogens with one attached hydrogen (secondary N) is 1. The van der Waals surface area contributed by atoms with Crippen LogP contribution in [-0.2, 0) is 10.0 Å². The third-order valence-electron chi connectivity index (χ3n) is 2.60. The quantitative estimate of drug-likeness (QED) is 0.887. The molecule has 0 aromatic carbocycles. The molecule has 8 heteroatoms. The molecule has 0 radical (unpaired) electrons.